The van der Waals surface area contributed by atoms with Gasteiger partial charge in [-0.05, 0) is 44.8 Å². The Morgan fingerprint density at radius 1 is 1.19 bits per heavy atom. The molecule has 2 aromatic carbocycles. The summed E-state index contributed by atoms with van der Waals surface area (Å²) in [4.78, 5) is 5.53. The largest absolute Gasteiger partial charge is 0.455 e. The minimum atomic E-state index is 0.478. The van der Waals surface area contributed by atoms with Gasteiger partial charge in [0.1, 0.15) is 11.5 Å². The van der Waals surface area contributed by atoms with E-state index in [4.69, 9.17) is 17.0 Å². The Morgan fingerprint density at radius 3 is 2.57 bits per heavy atom. The molecule has 0 fully saturated rings. The lowest BCUT2D eigenvalue weighted by molar-refractivity contribution is 0.389. The molecule has 4 nitrogen and oxygen atoms in total. The highest BCUT2D eigenvalue weighted by molar-refractivity contribution is 5.67. The van der Waals surface area contributed by atoms with E-state index in [0.717, 1.165) is 23.4 Å². The number of para-hydroxylation sites is 1. The van der Waals surface area contributed by atoms with Crippen molar-refractivity contribution in [2.24, 2.45) is 0 Å². The van der Waals surface area contributed by atoms with E-state index in [2.05, 4.69) is 9.74 Å². The van der Waals surface area contributed by atoms with E-state index in [1.54, 1.807) is 6.07 Å². The van der Waals surface area contributed by atoms with Crippen LogP contribution in [0.15, 0.2) is 36.4 Å². The van der Waals surface area contributed by atoms with Crippen molar-refractivity contribution < 1.29 is 4.74 Å². The summed E-state index contributed by atoms with van der Waals surface area (Å²) in [5.41, 5.74) is 8.97. The van der Waals surface area contributed by atoms with Crippen molar-refractivity contribution in [2.45, 2.75) is 13.5 Å². The fraction of sp³-hybridized carbons (Fsp3) is 0.235. The first kappa shape index (κ1) is 14.9. The Labute approximate surface area is 125 Å². The molecule has 2 aromatic rings. The van der Waals surface area contributed by atoms with E-state index in [-0.39, 0.29) is 0 Å². The van der Waals surface area contributed by atoms with Gasteiger partial charge in [0.25, 0.3) is 0 Å². The number of aryl methyl sites for hydroxylation is 1. The highest BCUT2D eigenvalue weighted by Gasteiger charge is 2.10. The number of nitrogens with two attached hydrogens (primary N) is 1. The summed E-state index contributed by atoms with van der Waals surface area (Å²) in [6, 6.07) is 11.4. The van der Waals surface area contributed by atoms with Crippen LogP contribution in [0.5, 0.6) is 11.5 Å². The highest BCUT2D eigenvalue weighted by atomic mass is 16.5. The topological polar surface area (TPSA) is 42.9 Å². The summed E-state index contributed by atoms with van der Waals surface area (Å²) in [7, 11) is 4.03. The molecule has 0 aliphatic heterocycles. The number of ether oxygens (including phenoxy) is 1. The number of rotatable bonds is 4. The van der Waals surface area contributed by atoms with E-state index in [1.165, 1.54) is 0 Å². The summed E-state index contributed by atoms with van der Waals surface area (Å²) in [6.07, 6.45) is 0. The third-order valence-corrected chi connectivity index (χ3v) is 3.13. The van der Waals surface area contributed by atoms with Gasteiger partial charge in [-0.2, -0.15) is 0 Å². The van der Waals surface area contributed by atoms with Crippen LogP contribution < -0.4 is 10.5 Å². The smallest absolute Gasteiger partial charge is 0.192 e. The predicted octanol–water partition coefficient (Wildman–Crippen LogP) is 3.98. The number of nitrogen functional groups attached to an aromatic ring is 1. The van der Waals surface area contributed by atoms with Crippen molar-refractivity contribution in [3.8, 4) is 11.5 Å². The first-order valence-corrected chi connectivity index (χ1v) is 6.69. The molecule has 0 saturated heterocycles. The third-order valence-electron chi connectivity index (χ3n) is 3.13. The van der Waals surface area contributed by atoms with Gasteiger partial charge >= 0.3 is 0 Å². The van der Waals surface area contributed by atoms with Crippen LogP contribution in [0.25, 0.3) is 4.85 Å². The van der Waals surface area contributed by atoms with Gasteiger partial charge in [0, 0.05) is 12.1 Å². The van der Waals surface area contributed by atoms with Crippen molar-refractivity contribution in [3.05, 3.63) is 58.9 Å². The van der Waals surface area contributed by atoms with Gasteiger partial charge in [-0.3, -0.25) is 0 Å². The van der Waals surface area contributed by atoms with Crippen molar-refractivity contribution in [1.29, 1.82) is 0 Å². The molecule has 0 atom stereocenters. The molecule has 0 aromatic heterocycles. The first-order valence-electron chi connectivity index (χ1n) is 6.69. The van der Waals surface area contributed by atoms with E-state index >= 15 is 0 Å². The molecule has 21 heavy (non-hydrogen) atoms. The molecule has 0 radical (unpaired) electrons. The highest BCUT2D eigenvalue weighted by Crippen LogP contribution is 2.35. The van der Waals surface area contributed by atoms with Gasteiger partial charge in [-0.25, -0.2) is 4.85 Å². The van der Waals surface area contributed by atoms with E-state index < -0.39 is 0 Å². The van der Waals surface area contributed by atoms with Crippen LogP contribution >= 0.6 is 0 Å². The summed E-state index contributed by atoms with van der Waals surface area (Å²) in [5, 5.41) is 0. The quantitative estimate of drug-likeness (QED) is 0.681. The molecular formula is C17H19N3O. The Morgan fingerprint density at radius 2 is 1.90 bits per heavy atom. The van der Waals surface area contributed by atoms with E-state index in [9.17, 15) is 0 Å². The Hall–Kier alpha value is -2.51. The maximum atomic E-state index is 7.11. The maximum Gasteiger partial charge on any atom is 0.192 e. The Kier molecular flexibility index (Phi) is 4.46. The van der Waals surface area contributed by atoms with Crippen molar-refractivity contribution in [2.75, 3.05) is 19.8 Å². The average Bonchev–Trinajstić information content (AvgIpc) is 2.44. The van der Waals surface area contributed by atoms with Gasteiger partial charge in [0.05, 0.1) is 12.3 Å². The molecule has 2 N–H and O–H groups in total. The molecule has 2 rings (SSSR count). The van der Waals surface area contributed by atoms with Crippen LogP contribution in [-0.4, -0.2) is 19.0 Å². The van der Waals surface area contributed by atoms with Crippen LogP contribution in [0, 0.1) is 13.5 Å². The van der Waals surface area contributed by atoms with Gasteiger partial charge in [-0.15, -0.1) is 0 Å². The summed E-state index contributed by atoms with van der Waals surface area (Å²) in [6.45, 7) is 9.77. The standard InChI is InChI=1S/C17H19N3O/c1-12-9-17(14(18)10-15(12)19-2)21-16-8-6-5-7-13(16)11-20(3)4/h5-10H,11,18H2,1,3-4H3. The van der Waals surface area contributed by atoms with Crippen LogP contribution in [0.4, 0.5) is 11.4 Å². The van der Waals surface area contributed by atoms with Crippen molar-refractivity contribution >= 4 is 11.4 Å². The molecule has 0 spiro atoms. The lowest BCUT2D eigenvalue weighted by atomic mass is 10.1. The molecule has 0 bridgehead atoms. The SMILES string of the molecule is [C-]#[N+]c1cc(N)c(Oc2ccccc2CN(C)C)cc1C. The van der Waals surface area contributed by atoms with Crippen LogP contribution in [0.3, 0.4) is 0 Å². The summed E-state index contributed by atoms with van der Waals surface area (Å²) < 4.78 is 5.97. The lowest BCUT2D eigenvalue weighted by Gasteiger charge is -2.16. The van der Waals surface area contributed by atoms with E-state index in [1.807, 2.05) is 51.4 Å². The molecule has 0 unspecified atom stereocenters. The van der Waals surface area contributed by atoms with Gasteiger partial charge in [0.2, 0.25) is 0 Å². The molecular weight excluding hydrogens is 262 g/mol. The minimum Gasteiger partial charge on any atom is -0.455 e. The number of benzene rings is 2. The lowest BCUT2D eigenvalue weighted by Crippen LogP contribution is -2.11. The third kappa shape index (κ3) is 3.53. The second-order valence-electron chi connectivity index (χ2n) is 5.24. The Bertz CT molecular complexity index is 687. The van der Waals surface area contributed by atoms with Crippen molar-refractivity contribution in [1.82, 2.24) is 4.90 Å². The number of hydrogen-bond donors (Lipinski definition) is 1. The minimum absolute atomic E-state index is 0.478. The molecule has 0 heterocycles. The van der Waals surface area contributed by atoms with Crippen molar-refractivity contribution in [3.63, 3.8) is 0 Å². The normalized spacial score (nSPS) is 10.4. The van der Waals surface area contributed by atoms with Gasteiger partial charge in [0.15, 0.2) is 5.69 Å². The Balaban J connectivity index is 2.35. The predicted molar refractivity (Wildman–Crippen MR) is 85.8 cm³/mol. The molecule has 0 aliphatic rings. The zero-order valence-electron chi connectivity index (χ0n) is 12.6. The number of nitrogens with zero attached hydrogens (tertiary/aromatic N) is 2. The monoisotopic (exact) mass is 281 g/mol. The molecule has 0 saturated carbocycles. The van der Waals surface area contributed by atoms with Crippen LogP contribution in [-0.2, 0) is 6.54 Å². The number of hydrogen-bond acceptors (Lipinski definition) is 3. The zero-order chi connectivity index (χ0) is 15.4. The molecule has 4 heteroatoms. The molecule has 108 valence electrons. The van der Waals surface area contributed by atoms with Crippen LogP contribution in [0.1, 0.15) is 11.1 Å². The number of anilines is 1. The molecule has 0 aliphatic carbocycles. The first-order chi connectivity index (χ1) is 10.0. The van der Waals surface area contributed by atoms with Gasteiger partial charge < -0.3 is 15.4 Å². The average molecular weight is 281 g/mol. The van der Waals surface area contributed by atoms with Gasteiger partial charge in [-0.1, -0.05) is 18.2 Å². The van der Waals surface area contributed by atoms with Crippen LogP contribution in [0.2, 0.25) is 0 Å². The van der Waals surface area contributed by atoms with E-state index in [0.29, 0.717) is 17.1 Å². The molecule has 0 amide bonds. The fourth-order valence-electron chi connectivity index (χ4n) is 2.09. The summed E-state index contributed by atoms with van der Waals surface area (Å²) in [5.74, 6) is 1.37. The fourth-order valence-corrected chi connectivity index (χ4v) is 2.09. The maximum absolute atomic E-state index is 7.11. The zero-order valence-corrected chi connectivity index (χ0v) is 12.6. The summed E-state index contributed by atoms with van der Waals surface area (Å²) >= 11 is 0. The second-order valence-corrected chi connectivity index (χ2v) is 5.24. The second kappa shape index (κ2) is 6.29.